The fourth-order valence-corrected chi connectivity index (χ4v) is 1.73. The Labute approximate surface area is 112 Å². The Morgan fingerprint density at radius 3 is 2.39 bits per heavy atom. The van der Waals surface area contributed by atoms with Crippen LogP contribution < -0.4 is 11.1 Å². The predicted molar refractivity (Wildman–Crippen MR) is 75.5 cm³/mol. The summed E-state index contributed by atoms with van der Waals surface area (Å²) in [6.07, 6.45) is 6.02. The molecule has 4 nitrogen and oxygen atoms in total. The molecule has 1 atom stereocenters. The summed E-state index contributed by atoms with van der Waals surface area (Å²) in [4.78, 5) is 11.5. The van der Waals surface area contributed by atoms with Crippen LogP contribution in [0.4, 0.5) is 0 Å². The van der Waals surface area contributed by atoms with Crippen LogP contribution in [0.1, 0.15) is 59.3 Å². The second kappa shape index (κ2) is 10.3. The van der Waals surface area contributed by atoms with Crippen molar-refractivity contribution < 1.29 is 9.53 Å². The van der Waals surface area contributed by atoms with Gasteiger partial charge in [-0.2, -0.15) is 0 Å². The van der Waals surface area contributed by atoms with E-state index in [9.17, 15) is 4.79 Å². The molecule has 1 amide bonds. The molecule has 18 heavy (non-hydrogen) atoms. The Hall–Kier alpha value is -0.610. The number of ether oxygens (including phenoxy) is 1. The van der Waals surface area contributed by atoms with Crippen LogP contribution in [-0.2, 0) is 9.53 Å². The Balaban J connectivity index is 3.73. The molecular formula is C14H30N2O2. The maximum atomic E-state index is 11.5. The predicted octanol–water partition coefficient (Wildman–Crippen LogP) is 2.22. The van der Waals surface area contributed by atoms with Gasteiger partial charge in [0.25, 0.3) is 0 Å². The molecule has 0 bridgehead atoms. The van der Waals surface area contributed by atoms with Gasteiger partial charge in [0.05, 0.1) is 5.54 Å². The lowest BCUT2D eigenvalue weighted by molar-refractivity contribution is -0.124. The van der Waals surface area contributed by atoms with E-state index in [0.29, 0.717) is 0 Å². The zero-order valence-electron chi connectivity index (χ0n) is 12.3. The SMILES string of the molecule is CCCCOCCCCC(C)(NCCC)C(N)=O. The molecular weight excluding hydrogens is 228 g/mol. The van der Waals surface area contributed by atoms with Crippen molar-refractivity contribution in [1.82, 2.24) is 5.32 Å². The number of carbonyl (C=O) groups is 1. The van der Waals surface area contributed by atoms with E-state index >= 15 is 0 Å². The molecule has 0 saturated carbocycles. The molecule has 0 radical (unpaired) electrons. The van der Waals surface area contributed by atoms with Gasteiger partial charge in [0.15, 0.2) is 0 Å². The maximum absolute atomic E-state index is 11.5. The Morgan fingerprint density at radius 1 is 1.17 bits per heavy atom. The van der Waals surface area contributed by atoms with Crippen molar-refractivity contribution in [1.29, 1.82) is 0 Å². The van der Waals surface area contributed by atoms with Crippen LogP contribution in [0.2, 0.25) is 0 Å². The highest BCUT2D eigenvalue weighted by Gasteiger charge is 2.29. The standard InChI is InChI=1S/C14H30N2O2/c1-4-6-11-18-12-8-7-9-14(3,13(15)17)16-10-5-2/h16H,4-12H2,1-3H3,(H2,15,17). The third-order valence-corrected chi connectivity index (χ3v) is 3.17. The molecule has 1 unspecified atom stereocenters. The van der Waals surface area contributed by atoms with Crippen LogP contribution >= 0.6 is 0 Å². The molecule has 0 aromatic carbocycles. The van der Waals surface area contributed by atoms with E-state index in [1.165, 1.54) is 6.42 Å². The van der Waals surface area contributed by atoms with E-state index in [-0.39, 0.29) is 5.91 Å². The fraction of sp³-hybridized carbons (Fsp3) is 0.929. The summed E-state index contributed by atoms with van der Waals surface area (Å²) in [5.74, 6) is -0.261. The van der Waals surface area contributed by atoms with Crippen molar-refractivity contribution in [3.05, 3.63) is 0 Å². The van der Waals surface area contributed by atoms with Crippen LogP contribution in [0.25, 0.3) is 0 Å². The Morgan fingerprint density at radius 2 is 1.83 bits per heavy atom. The Bertz CT molecular complexity index is 222. The van der Waals surface area contributed by atoms with Gasteiger partial charge in [0.1, 0.15) is 0 Å². The molecule has 0 spiro atoms. The van der Waals surface area contributed by atoms with Gasteiger partial charge in [-0.15, -0.1) is 0 Å². The van der Waals surface area contributed by atoms with Gasteiger partial charge >= 0.3 is 0 Å². The number of nitrogens with one attached hydrogen (secondary N) is 1. The molecule has 0 fully saturated rings. The minimum Gasteiger partial charge on any atom is -0.381 e. The number of nitrogens with two attached hydrogens (primary N) is 1. The van der Waals surface area contributed by atoms with Crippen LogP contribution in [0.5, 0.6) is 0 Å². The van der Waals surface area contributed by atoms with Gasteiger partial charge in [-0.05, 0) is 45.6 Å². The minimum atomic E-state index is -0.570. The summed E-state index contributed by atoms with van der Waals surface area (Å²) < 4.78 is 5.49. The van der Waals surface area contributed by atoms with Crippen molar-refractivity contribution in [2.45, 2.75) is 64.8 Å². The number of hydrogen-bond acceptors (Lipinski definition) is 3. The highest BCUT2D eigenvalue weighted by molar-refractivity contribution is 5.84. The van der Waals surface area contributed by atoms with Gasteiger partial charge in [0.2, 0.25) is 5.91 Å². The van der Waals surface area contributed by atoms with Crippen molar-refractivity contribution in [3.63, 3.8) is 0 Å². The van der Waals surface area contributed by atoms with E-state index in [4.69, 9.17) is 10.5 Å². The van der Waals surface area contributed by atoms with Gasteiger partial charge in [-0.1, -0.05) is 20.3 Å². The first-order valence-electron chi connectivity index (χ1n) is 7.19. The van der Waals surface area contributed by atoms with E-state index in [1.807, 2.05) is 6.92 Å². The van der Waals surface area contributed by atoms with Gasteiger partial charge in [0, 0.05) is 13.2 Å². The average Bonchev–Trinajstić information content (AvgIpc) is 2.35. The first-order valence-corrected chi connectivity index (χ1v) is 7.19. The number of carbonyl (C=O) groups excluding carboxylic acids is 1. The molecule has 3 N–H and O–H groups in total. The van der Waals surface area contributed by atoms with Crippen LogP contribution in [0, 0.1) is 0 Å². The number of hydrogen-bond donors (Lipinski definition) is 2. The summed E-state index contributed by atoms with van der Waals surface area (Å²) in [5, 5.41) is 3.24. The second-order valence-corrected chi connectivity index (χ2v) is 5.05. The molecule has 4 heteroatoms. The third kappa shape index (κ3) is 7.67. The summed E-state index contributed by atoms with van der Waals surface area (Å²) in [5.41, 5.74) is 4.89. The van der Waals surface area contributed by atoms with Crippen LogP contribution in [0.15, 0.2) is 0 Å². The van der Waals surface area contributed by atoms with Crippen LogP contribution in [0.3, 0.4) is 0 Å². The quantitative estimate of drug-likeness (QED) is 0.528. The topological polar surface area (TPSA) is 64.3 Å². The van der Waals surface area contributed by atoms with E-state index in [0.717, 1.165) is 51.9 Å². The molecule has 0 saturated heterocycles. The number of rotatable bonds is 12. The first-order chi connectivity index (χ1) is 8.56. The van der Waals surface area contributed by atoms with Gasteiger partial charge in [-0.25, -0.2) is 0 Å². The largest absolute Gasteiger partial charge is 0.381 e. The smallest absolute Gasteiger partial charge is 0.237 e. The average molecular weight is 258 g/mol. The highest BCUT2D eigenvalue weighted by atomic mass is 16.5. The van der Waals surface area contributed by atoms with Crippen molar-refractivity contribution in [3.8, 4) is 0 Å². The van der Waals surface area contributed by atoms with Crippen molar-refractivity contribution >= 4 is 5.91 Å². The molecule has 0 heterocycles. The van der Waals surface area contributed by atoms with Gasteiger partial charge < -0.3 is 15.8 Å². The second-order valence-electron chi connectivity index (χ2n) is 5.05. The van der Waals surface area contributed by atoms with Gasteiger partial charge in [-0.3, -0.25) is 4.79 Å². The summed E-state index contributed by atoms with van der Waals surface area (Å²) >= 11 is 0. The van der Waals surface area contributed by atoms with Crippen LogP contribution in [-0.4, -0.2) is 31.2 Å². The highest BCUT2D eigenvalue weighted by Crippen LogP contribution is 2.13. The maximum Gasteiger partial charge on any atom is 0.237 e. The molecule has 0 aromatic heterocycles. The molecule has 0 aliphatic carbocycles. The third-order valence-electron chi connectivity index (χ3n) is 3.17. The molecule has 0 rings (SSSR count). The first kappa shape index (κ1) is 17.4. The summed E-state index contributed by atoms with van der Waals surface area (Å²) in [6, 6.07) is 0. The molecule has 0 aliphatic heterocycles. The van der Waals surface area contributed by atoms with E-state index in [2.05, 4.69) is 19.2 Å². The minimum absolute atomic E-state index is 0.261. The lowest BCUT2D eigenvalue weighted by Crippen LogP contribution is -2.53. The lowest BCUT2D eigenvalue weighted by Gasteiger charge is -2.27. The monoisotopic (exact) mass is 258 g/mol. The zero-order valence-corrected chi connectivity index (χ0v) is 12.3. The summed E-state index contributed by atoms with van der Waals surface area (Å²) in [6.45, 7) is 8.58. The number of primary amides is 1. The molecule has 0 aromatic rings. The molecule has 108 valence electrons. The van der Waals surface area contributed by atoms with Crippen molar-refractivity contribution in [2.75, 3.05) is 19.8 Å². The Kier molecular flexibility index (Phi) is 9.98. The fourth-order valence-electron chi connectivity index (χ4n) is 1.73. The number of unbranched alkanes of at least 4 members (excludes halogenated alkanes) is 2. The van der Waals surface area contributed by atoms with E-state index in [1.54, 1.807) is 0 Å². The van der Waals surface area contributed by atoms with E-state index < -0.39 is 5.54 Å². The molecule has 0 aliphatic rings. The van der Waals surface area contributed by atoms with Crippen molar-refractivity contribution in [2.24, 2.45) is 5.73 Å². The summed E-state index contributed by atoms with van der Waals surface area (Å²) in [7, 11) is 0. The lowest BCUT2D eigenvalue weighted by atomic mass is 9.94. The zero-order chi connectivity index (χ0) is 13.9. The number of amides is 1. The normalized spacial score (nSPS) is 14.4.